The summed E-state index contributed by atoms with van der Waals surface area (Å²) in [5.41, 5.74) is 1.83. The average Bonchev–Trinajstić information content (AvgIpc) is 2.61. The van der Waals surface area contributed by atoms with Crippen molar-refractivity contribution in [3.8, 4) is 11.8 Å². The van der Waals surface area contributed by atoms with Crippen molar-refractivity contribution >= 4 is 73.8 Å². The molecule has 2 aromatic carbocycles. The van der Waals surface area contributed by atoms with Crippen molar-refractivity contribution in [2.24, 2.45) is 0 Å². The first-order valence-corrected chi connectivity index (χ1v) is 9.99. The van der Waals surface area contributed by atoms with E-state index >= 15 is 0 Å². The molecular formula is C19H13BrClIN2O4. The highest BCUT2D eigenvalue weighted by molar-refractivity contribution is 14.1. The number of anilines is 1. The second kappa shape index (κ2) is 9.91. The summed E-state index contributed by atoms with van der Waals surface area (Å²) in [6.45, 7) is 1.37. The minimum Gasteiger partial charge on any atom is -0.480 e. The Morgan fingerprint density at radius 1 is 1.39 bits per heavy atom. The number of hydrogen-bond acceptors (Lipinski definition) is 4. The fourth-order valence-corrected chi connectivity index (χ4v) is 4.07. The minimum absolute atomic E-state index is 0.0985. The van der Waals surface area contributed by atoms with Crippen molar-refractivity contribution in [2.75, 3.05) is 11.9 Å². The van der Waals surface area contributed by atoms with Crippen LogP contribution in [-0.2, 0) is 9.59 Å². The average molecular weight is 576 g/mol. The second-order valence-corrected chi connectivity index (χ2v) is 8.01. The lowest BCUT2D eigenvalue weighted by Gasteiger charge is -2.10. The number of hydrogen-bond donors (Lipinski definition) is 2. The first-order valence-electron chi connectivity index (χ1n) is 7.74. The van der Waals surface area contributed by atoms with Gasteiger partial charge in [-0.05, 0) is 86.9 Å². The summed E-state index contributed by atoms with van der Waals surface area (Å²) < 4.78 is 6.37. The van der Waals surface area contributed by atoms with E-state index in [4.69, 9.17) is 21.4 Å². The fourth-order valence-electron chi connectivity index (χ4n) is 2.12. The predicted octanol–water partition coefficient (Wildman–Crippen LogP) is 5.02. The number of nitrogens with one attached hydrogen (secondary N) is 1. The highest BCUT2D eigenvalue weighted by atomic mass is 127. The molecule has 0 radical (unpaired) electrons. The Kier molecular flexibility index (Phi) is 7.86. The Morgan fingerprint density at radius 3 is 2.68 bits per heavy atom. The lowest BCUT2D eigenvalue weighted by Crippen LogP contribution is -2.13. The van der Waals surface area contributed by atoms with E-state index in [1.807, 2.05) is 35.6 Å². The van der Waals surface area contributed by atoms with E-state index in [0.29, 0.717) is 30.1 Å². The number of benzene rings is 2. The SMILES string of the molecule is Cc1ccc(NC(=O)/C(C#N)=C\c2cc(Br)c(OCC(=O)O)c(I)c2)cc1Cl. The van der Waals surface area contributed by atoms with Gasteiger partial charge in [0, 0.05) is 10.7 Å². The zero-order valence-electron chi connectivity index (χ0n) is 14.4. The summed E-state index contributed by atoms with van der Waals surface area (Å²) in [7, 11) is 0. The van der Waals surface area contributed by atoms with E-state index in [2.05, 4.69) is 21.2 Å². The van der Waals surface area contributed by atoms with E-state index in [1.54, 1.807) is 30.3 Å². The Morgan fingerprint density at radius 2 is 2.11 bits per heavy atom. The number of nitriles is 1. The number of amides is 1. The van der Waals surface area contributed by atoms with Gasteiger partial charge in [-0.15, -0.1) is 0 Å². The van der Waals surface area contributed by atoms with Gasteiger partial charge in [0.25, 0.3) is 5.91 Å². The number of rotatable bonds is 6. The normalized spacial score (nSPS) is 10.9. The molecule has 1 amide bonds. The zero-order valence-corrected chi connectivity index (χ0v) is 18.9. The van der Waals surface area contributed by atoms with Crippen LogP contribution in [0.1, 0.15) is 11.1 Å². The maximum Gasteiger partial charge on any atom is 0.341 e. The number of nitrogens with zero attached hydrogens (tertiary/aromatic N) is 1. The van der Waals surface area contributed by atoms with Gasteiger partial charge in [0.2, 0.25) is 0 Å². The number of halogens is 3. The molecule has 0 atom stereocenters. The highest BCUT2D eigenvalue weighted by Gasteiger charge is 2.13. The van der Waals surface area contributed by atoms with Gasteiger partial charge in [-0.3, -0.25) is 4.79 Å². The standard InChI is InChI=1S/C19H13BrClIN2O4/c1-10-2-3-13(7-15(10)21)24-19(27)12(8-23)4-11-5-14(20)18(16(22)6-11)28-9-17(25)26/h2-7H,9H2,1H3,(H,24,27)(H,25,26)/b12-4-. The zero-order chi connectivity index (χ0) is 20.8. The molecule has 6 nitrogen and oxygen atoms in total. The van der Waals surface area contributed by atoms with Crippen molar-refractivity contribution in [1.29, 1.82) is 5.26 Å². The topological polar surface area (TPSA) is 99.4 Å². The molecule has 2 rings (SSSR count). The monoisotopic (exact) mass is 574 g/mol. The third-order valence-corrected chi connectivity index (χ3v) is 5.26. The smallest absolute Gasteiger partial charge is 0.341 e. The Labute approximate surface area is 188 Å². The summed E-state index contributed by atoms with van der Waals surface area (Å²) in [6.07, 6.45) is 1.43. The molecular weight excluding hydrogens is 562 g/mol. The van der Waals surface area contributed by atoms with Gasteiger partial charge < -0.3 is 15.2 Å². The molecule has 0 aliphatic heterocycles. The maximum atomic E-state index is 12.4. The Bertz CT molecular complexity index is 994. The van der Waals surface area contributed by atoms with Crippen molar-refractivity contribution in [3.05, 3.63) is 60.1 Å². The van der Waals surface area contributed by atoms with Crippen molar-refractivity contribution in [1.82, 2.24) is 0 Å². The minimum atomic E-state index is -1.09. The Balaban J connectivity index is 2.25. The number of ether oxygens (including phenoxy) is 1. The molecule has 0 heterocycles. The fraction of sp³-hybridized carbons (Fsp3) is 0.105. The molecule has 0 aliphatic rings. The van der Waals surface area contributed by atoms with Crippen molar-refractivity contribution in [2.45, 2.75) is 6.92 Å². The molecule has 0 saturated heterocycles. The van der Waals surface area contributed by atoms with Crippen LogP contribution in [0.25, 0.3) is 6.08 Å². The summed E-state index contributed by atoms with van der Waals surface area (Å²) in [5, 5.41) is 21.2. The molecule has 0 fully saturated rings. The largest absolute Gasteiger partial charge is 0.480 e. The molecule has 0 unspecified atom stereocenters. The third kappa shape index (κ3) is 5.95. The van der Waals surface area contributed by atoms with Crippen LogP contribution < -0.4 is 10.1 Å². The number of carboxylic acid groups (broad SMARTS) is 1. The van der Waals surface area contributed by atoms with Crippen LogP contribution in [0.2, 0.25) is 5.02 Å². The van der Waals surface area contributed by atoms with E-state index in [9.17, 15) is 14.9 Å². The molecule has 0 spiro atoms. The van der Waals surface area contributed by atoms with Gasteiger partial charge >= 0.3 is 5.97 Å². The lowest BCUT2D eigenvalue weighted by atomic mass is 10.1. The first-order chi connectivity index (χ1) is 13.2. The van der Waals surface area contributed by atoms with E-state index in [1.165, 1.54) is 6.08 Å². The van der Waals surface area contributed by atoms with Gasteiger partial charge in [0.05, 0.1) is 8.04 Å². The van der Waals surface area contributed by atoms with Gasteiger partial charge in [0.15, 0.2) is 6.61 Å². The molecule has 0 bridgehead atoms. The van der Waals surface area contributed by atoms with Gasteiger partial charge in [-0.1, -0.05) is 17.7 Å². The molecule has 0 aromatic heterocycles. The summed E-state index contributed by atoms with van der Waals surface area (Å²) in [5.74, 6) is -1.29. The van der Waals surface area contributed by atoms with Crippen LogP contribution >= 0.6 is 50.1 Å². The summed E-state index contributed by atoms with van der Waals surface area (Å²) in [6, 6.07) is 10.3. The predicted molar refractivity (Wildman–Crippen MR) is 118 cm³/mol. The number of carboxylic acids is 1. The molecule has 2 aromatic rings. The maximum absolute atomic E-state index is 12.4. The second-order valence-electron chi connectivity index (χ2n) is 5.58. The molecule has 0 aliphatic carbocycles. The quantitative estimate of drug-likeness (QED) is 0.286. The van der Waals surface area contributed by atoms with Crippen LogP contribution in [0, 0.1) is 21.8 Å². The van der Waals surface area contributed by atoms with Gasteiger partial charge in [0.1, 0.15) is 17.4 Å². The van der Waals surface area contributed by atoms with E-state index < -0.39 is 18.5 Å². The first kappa shape index (κ1) is 22.2. The van der Waals surface area contributed by atoms with Crippen molar-refractivity contribution in [3.63, 3.8) is 0 Å². The summed E-state index contributed by atoms with van der Waals surface area (Å²) in [4.78, 5) is 23.1. The molecule has 2 N–H and O–H groups in total. The van der Waals surface area contributed by atoms with Gasteiger partial charge in [-0.2, -0.15) is 5.26 Å². The van der Waals surface area contributed by atoms with E-state index in [-0.39, 0.29) is 5.57 Å². The number of carbonyl (C=O) groups is 2. The van der Waals surface area contributed by atoms with Crippen LogP contribution in [0.3, 0.4) is 0 Å². The third-order valence-electron chi connectivity index (χ3n) is 3.47. The lowest BCUT2D eigenvalue weighted by molar-refractivity contribution is -0.139. The molecule has 28 heavy (non-hydrogen) atoms. The van der Waals surface area contributed by atoms with Crippen LogP contribution in [0.5, 0.6) is 5.75 Å². The summed E-state index contributed by atoms with van der Waals surface area (Å²) >= 11 is 11.3. The van der Waals surface area contributed by atoms with Crippen molar-refractivity contribution < 1.29 is 19.4 Å². The molecule has 9 heteroatoms. The number of carbonyl (C=O) groups excluding carboxylic acids is 1. The van der Waals surface area contributed by atoms with E-state index in [0.717, 1.165) is 5.56 Å². The van der Waals surface area contributed by atoms with Crippen LogP contribution in [-0.4, -0.2) is 23.6 Å². The van der Waals surface area contributed by atoms with Crippen LogP contribution in [0.15, 0.2) is 40.4 Å². The highest BCUT2D eigenvalue weighted by Crippen LogP contribution is 2.32. The van der Waals surface area contributed by atoms with Gasteiger partial charge in [-0.25, -0.2) is 4.79 Å². The number of aryl methyl sites for hydroxylation is 1. The molecule has 144 valence electrons. The Hall–Kier alpha value is -2.09. The number of aliphatic carboxylic acids is 1. The molecule has 0 saturated carbocycles. The van der Waals surface area contributed by atoms with Crippen LogP contribution in [0.4, 0.5) is 5.69 Å².